The molecule has 0 saturated carbocycles. The number of amides is 2. The molecule has 0 radical (unpaired) electrons. The number of ether oxygens (including phenoxy) is 1. The third-order valence-corrected chi connectivity index (χ3v) is 6.03. The molecule has 0 aromatic heterocycles. The number of rotatable bonds is 6. The van der Waals surface area contributed by atoms with Crippen LogP contribution in [-0.4, -0.2) is 36.9 Å². The number of benzene rings is 3. The molecule has 1 N–H and O–H groups in total. The molecule has 4 rings (SSSR count). The summed E-state index contributed by atoms with van der Waals surface area (Å²) in [5.41, 5.74) is 2.66. The molecule has 1 fully saturated rings. The highest BCUT2D eigenvalue weighted by Gasteiger charge is 2.19. The van der Waals surface area contributed by atoms with Gasteiger partial charge in [-0.15, -0.1) is 0 Å². The molecule has 2 amide bonds. The van der Waals surface area contributed by atoms with E-state index in [2.05, 4.69) is 11.4 Å². The fourth-order valence-electron chi connectivity index (χ4n) is 4.00. The van der Waals surface area contributed by atoms with E-state index in [4.69, 9.17) is 4.74 Å². The van der Waals surface area contributed by atoms with Crippen molar-refractivity contribution in [3.8, 4) is 5.75 Å². The third kappa shape index (κ3) is 4.71. The molecule has 5 heteroatoms. The first-order chi connectivity index (χ1) is 15.0. The van der Waals surface area contributed by atoms with Crippen LogP contribution in [0.25, 0.3) is 10.8 Å². The monoisotopic (exact) mass is 416 g/mol. The molecule has 1 aliphatic heterocycles. The topological polar surface area (TPSA) is 58.6 Å². The zero-order chi connectivity index (χ0) is 21.8. The lowest BCUT2D eigenvalue weighted by atomic mass is 9.97. The molecule has 0 unspecified atom stereocenters. The molecule has 0 spiro atoms. The summed E-state index contributed by atoms with van der Waals surface area (Å²) < 4.78 is 5.27. The van der Waals surface area contributed by atoms with Gasteiger partial charge >= 0.3 is 0 Å². The van der Waals surface area contributed by atoms with Gasteiger partial charge in [-0.2, -0.15) is 0 Å². The Kier molecular flexibility index (Phi) is 6.21. The van der Waals surface area contributed by atoms with Gasteiger partial charge in [-0.05, 0) is 65.9 Å². The van der Waals surface area contributed by atoms with Crippen LogP contribution in [0.3, 0.4) is 0 Å². The molecule has 3 aromatic carbocycles. The number of nitrogens with zero attached hydrogens (tertiary/aromatic N) is 1. The van der Waals surface area contributed by atoms with Gasteiger partial charge in [0.1, 0.15) is 5.75 Å². The van der Waals surface area contributed by atoms with Gasteiger partial charge < -0.3 is 15.0 Å². The number of likely N-dealkylation sites (tertiary alicyclic amines) is 1. The zero-order valence-corrected chi connectivity index (χ0v) is 18.1. The predicted molar refractivity (Wildman–Crippen MR) is 122 cm³/mol. The number of hydrogen-bond acceptors (Lipinski definition) is 3. The van der Waals surface area contributed by atoms with Crippen molar-refractivity contribution >= 4 is 22.6 Å². The van der Waals surface area contributed by atoms with Gasteiger partial charge in [0.15, 0.2) is 0 Å². The maximum absolute atomic E-state index is 12.7. The summed E-state index contributed by atoms with van der Waals surface area (Å²) in [6.45, 7) is 4.04. The number of hydrogen-bond donors (Lipinski definition) is 1. The molecule has 5 nitrogen and oxygen atoms in total. The van der Waals surface area contributed by atoms with Crippen molar-refractivity contribution in [2.45, 2.75) is 32.2 Å². The second kappa shape index (κ2) is 9.21. The van der Waals surface area contributed by atoms with Crippen LogP contribution < -0.4 is 10.1 Å². The summed E-state index contributed by atoms with van der Waals surface area (Å²) in [7, 11) is 1.65. The molecule has 1 saturated heterocycles. The van der Waals surface area contributed by atoms with Gasteiger partial charge in [0, 0.05) is 25.2 Å². The van der Waals surface area contributed by atoms with Crippen molar-refractivity contribution in [1.82, 2.24) is 10.2 Å². The molecule has 0 bridgehead atoms. The maximum atomic E-state index is 12.7. The molecule has 3 aromatic rings. The average Bonchev–Trinajstić information content (AvgIpc) is 3.36. The number of methoxy groups -OCH3 is 1. The van der Waals surface area contributed by atoms with E-state index < -0.39 is 0 Å². The molecular weight excluding hydrogens is 388 g/mol. The summed E-state index contributed by atoms with van der Waals surface area (Å²) in [4.78, 5) is 27.1. The van der Waals surface area contributed by atoms with Crippen LogP contribution in [0, 0.1) is 0 Å². The Balaban J connectivity index is 1.36. The third-order valence-electron chi connectivity index (χ3n) is 6.03. The summed E-state index contributed by atoms with van der Waals surface area (Å²) in [6, 6.07) is 19.5. The van der Waals surface area contributed by atoms with Crippen molar-refractivity contribution in [2.24, 2.45) is 0 Å². The van der Waals surface area contributed by atoms with Crippen LogP contribution in [0.2, 0.25) is 0 Å². The van der Waals surface area contributed by atoms with E-state index in [1.807, 2.05) is 66.4 Å². The van der Waals surface area contributed by atoms with Crippen LogP contribution >= 0.6 is 0 Å². The van der Waals surface area contributed by atoms with Gasteiger partial charge in [0.2, 0.25) is 5.91 Å². The Labute approximate surface area is 183 Å². The van der Waals surface area contributed by atoms with Gasteiger partial charge in [0.05, 0.1) is 13.0 Å². The Morgan fingerprint density at radius 1 is 0.968 bits per heavy atom. The number of fused-ring (bicyclic) bond motifs is 1. The van der Waals surface area contributed by atoms with Crippen LogP contribution in [0.15, 0.2) is 60.7 Å². The summed E-state index contributed by atoms with van der Waals surface area (Å²) in [5.74, 6) is 0.627. The molecule has 31 heavy (non-hydrogen) atoms. The number of carbonyl (C=O) groups is 2. The normalized spacial score (nSPS) is 14.5. The Hall–Kier alpha value is -3.34. The van der Waals surface area contributed by atoms with Crippen molar-refractivity contribution in [1.29, 1.82) is 0 Å². The van der Waals surface area contributed by atoms with Crippen molar-refractivity contribution in [2.75, 3.05) is 20.2 Å². The van der Waals surface area contributed by atoms with Gasteiger partial charge in [-0.3, -0.25) is 9.59 Å². The van der Waals surface area contributed by atoms with E-state index in [0.717, 1.165) is 53.6 Å². The molecular formula is C26H28N2O3. The Bertz CT molecular complexity index is 1090. The summed E-state index contributed by atoms with van der Waals surface area (Å²) in [6.07, 6.45) is 2.17. The first-order valence-electron chi connectivity index (χ1n) is 10.8. The first kappa shape index (κ1) is 20.9. The minimum Gasteiger partial charge on any atom is -0.497 e. The highest BCUT2D eigenvalue weighted by Crippen LogP contribution is 2.25. The molecule has 1 heterocycles. The average molecular weight is 417 g/mol. The standard InChI is InChI=1S/C26H28N2O3/c1-18(21-9-10-23-16-24(31-2)12-11-22(23)15-21)25(29)27-17-19-5-7-20(8-6-19)26(30)28-13-3-4-14-28/h5-12,15-16,18H,3-4,13-14,17H2,1-2H3,(H,27,29)/t18-/m1/s1. The molecule has 0 aliphatic carbocycles. The largest absolute Gasteiger partial charge is 0.497 e. The van der Waals surface area contributed by atoms with E-state index in [0.29, 0.717) is 12.1 Å². The van der Waals surface area contributed by atoms with E-state index in [1.165, 1.54) is 0 Å². The molecule has 160 valence electrons. The van der Waals surface area contributed by atoms with Crippen molar-refractivity contribution in [3.63, 3.8) is 0 Å². The summed E-state index contributed by atoms with van der Waals surface area (Å²) >= 11 is 0. The van der Waals surface area contributed by atoms with E-state index in [-0.39, 0.29) is 17.7 Å². The summed E-state index contributed by atoms with van der Waals surface area (Å²) in [5, 5.41) is 5.18. The first-order valence-corrected chi connectivity index (χ1v) is 10.8. The Morgan fingerprint density at radius 2 is 1.65 bits per heavy atom. The Morgan fingerprint density at radius 3 is 2.35 bits per heavy atom. The molecule has 1 atom stereocenters. The van der Waals surface area contributed by atoms with Crippen LogP contribution in [0.1, 0.15) is 47.2 Å². The maximum Gasteiger partial charge on any atom is 0.253 e. The fourth-order valence-corrected chi connectivity index (χ4v) is 4.00. The van der Waals surface area contributed by atoms with Crippen LogP contribution in [-0.2, 0) is 11.3 Å². The smallest absolute Gasteiger partial charge is 0.253 e. The van der Waals surface area contributed by atoms with Crippen LogP contribution in [0.4, 0.5) is 0 Å². The van der Waals surface area contributed by atoms with Gasteiger partial charge in [-0.1, -0.05) is 36.4 Å². The van der Waals surface area contributed by atoms with Crippen molar-refractivity contribution in [3.05, 3.63) is 77.4 Å². The lowest BCUT2D eigenvalue weighted by Gasteiger charge is -2.16. The van der Waals surface area contributed by atoms with E-state index in [1.54, 1.807) is 7.11 Å². The fraction of sp³-hybridized carbons (Fsp3) is 0.308. The predicted octanol–water partition coefficient (Wildman–Crippen LogP) is 4.50. The van der Waals surface area contributed by atoms with Gasteiger partial charge in [0.25, 0.3) is 5.91 Å². The SMILES string of the molecule is COc1ccc2cc([C@@H](C)C(=O)NCc3ccc(C(=O)N4CCCC4)cc3)ccc2c1. The minimum absolute atomic E-state index is 0.0231. The lowest BCUT2D eigenvalue weighted by molar-refractivity contribution is -0.122. The second-order valence-electron chi connectivity index (χ2n) is 8.11. The van der Waals surface area contributed by atoms with E-state index >= 15 is 0 Å². The minimum atomic E-state index is -0.262. The molecule has 1 aliphatic rings. The second-order valence-corrected chi connectivity index (χ2v) is 8.11. The number of nitrogens with one attached hydrogen (secondary N) is 1. The lowest BCUT2D eigenvalue weighted by Crippen LogP contribution is -2.28. The van der Waals surface area contributed by atoms with Crippen molar-refractivity contribution < 1.29 is 14.3 Å². The quantitative estimate of drug-likeness (QED) is 0.643. The zero-order valence-electron chi connectivity index (χ0n) is 18.1. The highest BCUT2D eigenvalue weighted by atomic mass is 16.5. The van der Waals surface area contributed by atoms with Crippen LogP contribution in [0.5, 0.6) is 5.75 Å². The highest BCUT2D eigenvalue weighted by molar-refractivity contribution is 5.94. The van der Waals surface area contributed by atoms with E-state index in [9.17, 15) is 9.59 Å². The number of carbonyl (C=O) groups excluding carboxylic acids is 2. The van der Waals surface area contributed by atoms with Gasteiger partial charge in [-0.25, -0.2) is 0 Å².